The van der Waals surface area contributed by atoms with Gasteiger partial charge in [-0.3, -0.25) is 0 Å². The minimum absolute atomic E-state index is 0.0799. The molecule has 0 aliphatic carbocycles. The summed E-state index contributed by atoms with van der Waals surface area (Å²) in [7, 11) is 1.33. The Kier molecular flexibility index (Phi) is 7.52. The van der Waals surface area contributed by atoms with E-state index in [9.17, 15) is 23.1 Å². The highest BCUT2D eigenvalue weighted by Crippen LogP contribution is 2.36. The molecule has 2 aromatic heterocycles. The van der Waals surface area contributed by atoms with Crippen LogP contribution in [0.4, 0.5) is 19.0 Å². The molecule has 0 fully saturated rings. The first-order valence-corrected chi connectivity index (χ1v) is 10.4. The predicted octanol–water partition coefficient (Wildman–Crippen LogP) is 5.04. The molecule has 2 N–H and O–H groups in total. The van der Waals surface area contributed by atoms with E-state index in [2.05, 4.69) is 15.3 Å². The zero-order valence-corrected chi connectivity index (χ0v) is 18.0. The second-order valence-electron chi connectivity index (χ2n) is 6.49. The molecule has 0 aliphatic rings. The van der Waals surface area contributed by atoms with Crippen LogP contribution in [0.3, 0.4) is 0 Å². The summed E-state index contributed by atoms with van der Waals surface area (Å²) in [5.74, 6) is -1.17. The van der Waals surface area contributed by atoms with Crippen molar-refractivity contribution in [1.82, 2.24) is 9.97 Å². The third-order valence-electron chi connectivity index (χ3n) is 4.45. The molecule has 0 unspecified atom stereocenters. The van der Waals surface area contributed by atoms with Gasteiger partial charge in [-0.15, -0.1) is 11.3 Å². The number of aromatic carboxylic acids is 1. The van der Waals surface area contributed by atoms with Gasteiger partial charge in [-0.05, 0) is 31.0 Å². The van der Waals surface area contributed by atoms with Crippen molar-refractivity contribution in [3.8, 4) is 22.1 Å². The lowest BCUT2D eigenvalue weighted by Gasteiger charge is -2.12. The fourth-order valence-corrected chi connectivity index (χ4v) is 3.90. The SMILES string of the molecule is CCOc1cc(-c2cc(NCCc3cc(F)c(C(F)F)cc3OC)ncn2)sc1C(=O)O. The average Bonchev–Trinajstić information content (AvgIpc) is 3.18. The molecule has 1 aromatic carbocycles. The topological polar surface area (TPSA) is 93.6 Å². The molecule has 3 aromatic rings. The smallest absolute Gasteiger partial charge is 0.349 e. The Morgan fingerprint density at radius 1 is 1.22 bits per heavy atom. The summed E-state index contributed by atoms with van der Waals surface area (Å²) < 4.78 is 50.2. The summed E-state index contributed by atoms with van der Waals surface area (Å²) in [5.41, 5.74) is 0.231. The summed E-state index contributed by atoms with van der Waals surface area (Å²) in [6.45, 7) is 2.41. The molecule has 3 rings (SSSR count). The van der Waals surface area contributed by atoms with Crippen molar-refractivity contribution in [2.24, 2.45) is 0 Å². The fraction of sp³-hybridized carbons (Fsp3) is 0.286. The molecule has 0 spiro atoms. The summed E-state index contributed by atoms with van der Waals surface area (Å²) in [6, 6.07) is 5.31. The minimum atomic E-state index is -2.93. The van der Waals surface area contributed by atoms with E-state index in [4.69, 9.17) is 9.47 Å². The second-order valence-corrected chi connectivity index (χ2v) is 7.55. The first kappa shape index (κ1) is 23.3. The van der Waals surface area contributed by atoms with Crippen LogP contribution in [0.15, 0.2) is 30.6 Å². The summed E-state index contributed by atoms with van der Waals surface area (Å²) in [6.07, 6.45) is -1.31. The Bertz CT molecular complexity index is 1110. The van der Waals surface area contributed by atoms with E-state index in [-0.39, 0.29) is 16.4 Å². The number of carboxylic acids is 1. The number of methoxy groups -OCH3 is 1. The Hall–Kier alpha value is -3.34. The van der Waals surface area contributed by atoms with Crippen molar-refractivity contribution in [2.75, 3.05) is 25.6 Å². The highest BCUT2D eigenvalue weighted by Gasteiger charge is 2.19. The number of alkyl halides is 2. The van der Waals surface area contributed by atoms with Crippen LogP contribution in [0.2, 0.25) is 0 Å². The molecule has 0 saturated carbocycles. The number of benzene rings is 1. The minimum Gasteiger partial charge on any atom is -0.496 e. The number of nitrogens with one attached hydrogen (secondary N) is 1. The number of halogens is 3. The van der Waals surface area contributed by atoms with Crippen molar-refractivity contribution in [2.45, 2.75) is 19.8 Å². The maximum absolute atomic E-state index is 13.9. The normalized spacial score (nSPS) is 10.9. The average molecular weight is 467 g/mol. The van der Waals surface area contributed by atoms with Gasteiger partial charge >= 0.3 is 5.97 Å². The number of carboxylic acid groups (broad SMARTS) is 1. The van der Waals surface area contributed by atoms with Crippen molar-refractivity contribution in [1.29, 1.82) is 0 Å². The van der Waals surface area contributed by atoms with Crippen LogP contribution in [0.5, 0.6) is 11.5 Å². The molecule has 0 atom stereocenters. The van der Waals surface area contributed by atoms with Gasteiger partial charge in [-0.2, -0.15) is 0 Å². The van der Waals surface area contributed by atoms with Crippen LogP contribution < -0.4 is 14.8 Å². The maximum Gasteiger partial charge on any atom is 0.349 e. The number of rotatable bonds is 10. The lowest BCUT2D eigenvalue weighted by Crippen LogP contribution is -2.08. The monoisotopic (exact) mass is 467 g/mol. The van der Waals surface area contributed by atoms with Crippen molar-refractivity contribution >= 4 is 23.1 Å². The molecule has 11 heteroatoms. The number of thiophene rings is 1. The summed E-state index contributed by atoms with van der Waals surface area (Å²) in [5, 5.41) is 12.4. The van der Waals surface area contributed by atoms with Gasteiger partial charge in [0.15, 0.2) is 4.88 Å². The molecule has 0 saturated heterocycles. The highest BCUT2D eigenvalue weighted by molar-refractivity contribution is 7.17. The van der Waals surface area contributed by atoms with Crippen molar-refractivity contribution in [3.05, 3.63) is 52.4 Å². The van der Waals surface area contributed by atoms with E-state index in [1.54, 1.807) is 19.1 Å². The molecule has 7 nitrogen and oxygen atoms in total. The third-order valence-corrected chi connectivity index (χ3v) is 5.57. The van der Waals surface area contributed by atoms with Crippen LogP contribution in [0.25, 0.3) is 10.6 Å². The lowest BCUT2D eigenvalue weighted by atomic mass is 10.1. The third kappa shape index (κ3) is 5.28. The predicted molar refractivity (Wildman–Crippen MR) is 114 cm³/mol. The van der Waals surface area contributed by atoms with E-state index in [1.807, 2.05) is 0 Å². The van der Waals surface area contributed by atoms with Crippen LogP contribution in [0.1, 0.15) is 34.1 Å². The molecule has 170 valence electrons. The molecule has 0 radical (unpaired) electrons. The molecule has 0 bridgehead atoms. The molecule has 0 amide bonds. The van der Waals surface area contributed by atoms with Crippen molar-refractivity contribution in [3.63, 3.8) is 0 Å². The van der Waals surface area contributed by atoms with Gasteiger partial charge in [0.2, 0.25) is 0 Å². The zero-order valence-electron chi connectivity index (χ0n) is 17.2. The largest absolute Gasteiger partial charge is 0.496 e. The number of aromatic nitrogens is 2. The quantitative estimate of drug-likeness (QED) is 0.431. The van der Waals surface area contributed by atoms with Gasteiger partial charge in [-0.25, -0.2) is 27.9 Å². The number of hydrogen-bond donors (Lipinski definition) is 2. The van der Waals surface area contributed by atoms with Gasteiger partial charge in [0.1, 0.15) is 29.5 Å². The highest BCUT2D eigenvalue weighted by atomic mass is 32.1. The standard InChI is InChI=1S/C21H20F3N3O4S/c1-3-31-16-9-17(32-19(16)21(28)29)14-8-18(27-10-26-14)25-5-4-11-6-13(22)12(20(23)24)7-15(11)30-2/h6-10,20H,3-5H2,1-2H3,(H,28,29)(H,25,26,27). The fourth-order valence-electron chi connectivity index (χ4n) is 2.99. The first-order valence-electron chi connectivity index (χ1n) is 9.54. The van der Waals surface area contributed by atoms with Crippen LogP contribution in [0, 0.1) is 5.82 Å². The lowest BCUT2D eigenvalue weighted by molar-refractivity contribution is 0.0698. The van der Waals surface area contributed by atoms with Gasteiger partial charge < -0.3 is 19.9 Å². The van der Waals surface area contributed by atoms with E-state index in [0.717, 1.165) is 23.5 Å². The number of nitrogens with zero attached hydrogens (tertiary/aromatic N) is 2. The summed E-state index contributed by atoms with van der Waals surface area (Å²) in [4.78, 5) is 20.4. The number of hydrogen-bond acceptors (Lipinski definition) is 7. The van der Waals surface area contributed by atoms with E-state index in [0.29, 0.717) is 41.5 Å². The number of ether oxygens (including phenoxy) is 2. The second kappa shape index (κ2) is 10.3. The molecule has 0 aliphatic heterocycles. The molecular formula is C21H20F3N3O4S. The van der Waals surface area contributed by atoms with Gasteiger partial charge in [0.25, 0.3) is 6.43 Å². The van der Waals surface area contributed by atoms with E-state index in [1.165, 1.54) is 13.4 Å². The molecular weight excluding hydrogens is 447 g/mol. The Morgan fingerprint density at radius 3 is 2.66 bits per heavy atom. The van der Waals surface area contributed by atoms with Gasteiger partial charge in [0.05, 0.1) is 29.9 Å². The van der Waals surface area contributed by atoms with Crippen LogP contribution in [-0.4, -0.2) is 41.3 Å². The van der Waals surface area contributed by atoms with Crippen molar-refractivity contribution < 1.29 is 32.5 Å². The van der Waals surface area contributed by atoms with E-state index >= 15 is 0 Å². The molecule has 2 heterocycles. The Labute approximate surface area is 185 Å². The number of carbonyl (C=O) groups is 1. The van der Waals surface area contributed by atoms with Crippen LogP contribution >= 0.6 is 11.3 Å². The van der Waals surface area contributed by atoms with Gasteiger partial charge in [0, 0.05) is 18.7 Å². The summed E-state index contributed by atoms with van der Waals surface area (Å²) >= 11 is 1.04. The van der Waals surface area contributed by atoms with E-state index < -0.39 is 23.8 Å². The first-order chi connectivity index (χ1) is 15.3. The van der Waals surface area contributed by atoms with Gasteiger partial charge in [-0.1, -0.05) is 0 Å². The Balaban J connectivity index is 1.73. The Morgan fingerprint density at radius 2 is 2.00 bits per heavy atom. The maximum atomic E-state index is 13.9. The zero-order chi connectivity index (χ0) is 23.3. The van der Waals surface area contributed by atoms with Crippen LogP contribution in [-0.2, 0) is 6.42 Å². The molecule has 32 heavy (non-hydrogen) atoms. The number of anilines is 1.